The Kier molecular flexibility index (Phi) is 5.55. The van der Waals surface area contributed by atoms with E-state index in [2.05, 4.69) is 16.1 Å². The minimum absolute atomic E-state index is 0.0207. The fraction of sp³-hybridized carbons (Fsp3) is 0.750. The molecule has 0 aliphatic heterocycles. The SMILES string of the molecule is CC(=O)ON=C1CCCCCCC(C#N)C1. The van der Waals surface area contributed by atoms with E-state index in [0.717, 1.165) is 37.8 Å². The van der Waals surface area contributed by atoms with Gasteiger partial charge >= 0.3 is 5.97 Å². The first-order valence-corrected chi connectivity index (χ1v) is 5.85. The summed E-state index contributed by atoms with van der Waals surface area (Å²) in [5.74, 6) is -0.381. The van der Waals surface area contributed by atoms with E-state index in [4.69, 9.17) is 5.26 Å². The third kappa shape index (κ3) is 4.92. The van der Waals surface area contributed by atoms with Crippen LogP contribution in [-0.4, -0.2) is 11.7 Å². The highest BCUT2D eigenvalue weighted by Gasteiger charge is 2.14. The molecule has 0 radical (unpaired) electrons. The van der Waals surface area contributed by atoms with Gasteiger partial charge in [0.1, 0.15) is 0 Å². The van der Waals surface area contributed by atoms with Crippen LogP contribution in [0.15, 0.2) is 5.16 Å². The fourth-order valence-electron chi connectivity index (χ4n) is 1.88. The summed E-state index contributed by atoms with van der Waals surface area (Å²) in [5.41, 5.74) is 0.851. The maximum Gasteiger partial charge on any atom is 0.331 e. The van der Waals surface area contributed by atoms with E-state index in [0.29, 0.717) is 6.42 Å². The summed E-state index contributed by atoms with van der Waals surface area (Å²) in [6.07, 6.45) is 6.93. The van der Waals surface area contributed by atoms with Crippen LogP contribution in [0, 0.1) is 17.2 Å². The monoisotopic (exact) mass is 222 g/mol. The minimum Gasteiger partial charge on any atom is -0.319 e. The van der Waals surface area contributed by atoms with Gasteiger partial charge in [0.15, 0.2) is 0 Å². The van der Waals surface area contributed by atoms with Crippen LogP contribution in [0.4, 0.5) is 0 Å². The molecule has 1 unspecified atom stereocenters. The molecule has 1 aliphatic rings. The standard InChI is InChI=1S/C12H18N2O2/c1-10(15)16-14-12-7-5-3-2-4-6-11(8-12)9-13/h11H,2-8H2,1H3. The Hall–Kier alpha value is -1.37. The van der Waals surface area contributed by atoms with Crippen LogP contribution in [0.1, 0.15) is 51.9 Å². The number of oxime groups is 1. The van der Waals surface area contributed by atoms with E-state index in [1.54, 1.807) is 0 Å². The van der Waals surface area contributed by atoms with Gasteiger partial charge in [-0.3, -0.25) is 0 Å². The molecule has 1 fully saturated rings. The number of hydrogen-bond donors (Lipinski definition) is 0. The highest BCUT2D eigenvalue weighted by Crippen LogP contribution is 2.20. The van der Waals surface area contributed by atoms with Crippen molar-refractivity contribution in [1.82, 2.24) is 0 Å². The topological polar surface area (TPSA) is 62.4 Å². The smallest absolute Gasteiger partial charge is 0.319 e. The van der Waals surface area contributed by atoms with Crippen molar-refractivity contribution in [3.8, 4) is 6.07 Å². The Labute approximate surface area is 96.3 Å². The van der Waals surface area contributed by atoms with E-state index < -0.39 is 5.97 Å². The third-order valence-corrected chi connectivity index (χ3v) is 2.74. The number of nitrogens with zero attached hydrogens (tertiary/aromatic N) is 2. The van der Waals surface area contributed by atoms with Crippen molar-refractivity contribution in [2.75, 3.05) is 0 Å². The summed E-state index contributed by atoms with van der Waals surface area (Å²) >= 11 is 0. The summed E-state index contributed by atoms with van der Waals surface area (Å²) in [6, 6.07) is 2.30. The minimum atomic E-state index is -0.402. The van der Waals surface area contributed by atoms with Crippen LogP contribution < -0.4 is 0 Å². The van der Waals surface area contributed by atoms with Crippen LogP contribution in [0.2, 0.25) is 0 Å². The summed E-state index contributed by atoms with van der Waals surface area (Å²) in [7, 11) is 0. The normalized spacial score (nSPS) is 25.0. The molecule has 4 heteroatoms. The molecule has 0 spiro atoms. The fourth-order valence-corrected chi connectivity index (χ4v) is 1.88. The molecular formula is C12H18N2O2. The van der Waals surface area contributed by atoms with Gasteiger partial charge in [-0.05, 0) is 19.3 Å². The predicted octanol–water partition coefficient (Wildman–Crippen LogP) is 2.79. The van der Waals surface area contributed by atoms with Gasteiger partial charge < -0.3 is 4.84 Å². The average Bonchev–Trinajstić information content (AvgIpc) is 2.37. The van der Waals surface area contributed by atoms with Crippen molar-refractivity contribution in [3.05, 3.63) is 0 Å². The van der Waals surface area contributed by atoms with Gasteiger partial charge in [0.2, 0.25) is 0 Å². The molecule has 0 aromatic rings. The largest absolute Gasteiger partial charge is 0.331 e. The lowest BCUT2D eigenvalue weighted by atomic mass is 9.98. The Bertz CT molecular complexity index is 305. The molecule has 0 saturated heterocycles. The molecule has 0 N–H and O–H groups in total. The van der Waals surface area contributed by atoms with E-state index in [1.807, 2.05) is 0 Å². The van der Waals surface area contributed by atoms with Crippen LogP contribution in [0.25, 0.3) is 0 Å². The molecule has 0 bridgehead atoms. The highest BCUT2D eigenvalue weighted by atomic mass is 16.7. The molecule has 1 aliphatic carbocycles. The quantitative estimate of drug-likeness (QED) is 0.506. The number of carbonyl (C=O) groups is 1. The summed E-state index contributed by atoms with van der Waals surface area (Å²) in [6.45, 7) is 1.33. The molecular weight excluding hydrogens is 204 g/mol. The summed E-state index contributed by atoms with van der Waals surface area (Å²) < 4.78 is 0. The van der Waals surface area contributed by atoms with E-state index in [-0.39, 0.29) is 5.92 Å². The third-order valence-electron chi connectivity index (χ3n) is 2.74. The summed E-state index contributed by atoms with van der Waals surface area (Å²) in [5, 5.41) is 12.8. The Morgan fingerprint density at radius 2 is 2.19 bits per heavy atom. The molecule has 0 aromatic heterocycles. The van der Waals surface area contributed by atoms with E-state index in [1.165, 1.54) is 13.3 Å². The van der Waals surface area contributed by atoms with Gasteiger partial charge in [-0.1, -0.05) is 24.4 Å². The van der Waals surface area contributed by atoms with Gasteiger partial charge in [-0.25, -0.2) is 4.79 Å². The number of rotatable bonds is 1. The van der Waals surface area contributed by atoms with Crippen LogP contribution in [0.3, 0.4) is 0 Å². The van der Waals surface area contributed by atoms with E-state index in [9.17, 15) is 4.79 Å². The molecule has 1 atom stereocenters. The maximum atomic E-state index is 10.7. The number of hydrogen-bond acceptors (Lipinski definition) is 4. The predicted molar refractivity (Wildman–Crippen MR) is 60.6 cm³/mol. The Morgan fingerprint density at radius 3 is 2.88 bits per heavy atom. The number of nitriles is 1. The lowest BCUT2D eigenvalue weighted by Gasteiger charge is -2.07. The van der Waals surface area contributed by atoms with Crippen LogP contribution in [-0.2, 0) is 9.63 Å². The average molecular weight is 222 g/mol. The van der Waals surface area contributed by atoms with Crippen molar-refractivity contribution in [1.29, 1.82) is 5.26 Å². The molecule has 0 heterocycles. The van der Waals surface area contributed by atoms with Crippen LogP contribution >= 0.6 is 0 Å². The van der Waals surface area contributed by atoms with Gasteiger partial charge in [0, 0.05) is 13.3 Å². The van der Waals surface area contributed by atoms with Gasteiger partial charge in [0.25, 0.3) is 0 Å². The van der Waals surface area contributed by atoms with Crippen molar-refractivity contribution >= 4 is 11.7 Å². The second-order valence-electron chi connectivity index (χ2n) is 4.22. The second kappa shape index (κ2) is 7.00. The molecule has 0 amide bonds. The molecule has 1 saturated carbocycles. The summed E-state index contributed by atoms with van der Waals surface area (Å²) in [4.78, 5) is 15.3. The zero-order valence-corrected chi connectivity index (χ0v) is 9.74. The zero-order valence-electron chi connectivity index (χ0n) is 9.74. The highest BCUT2D eigenvalue weighted by molar-refractivity contribution is 5.85. The molecule has 16 heavy (non-hydrogen) atoms. The van der Waals surface area contributed by atoms with E-state index >= 15 is 0 Å². The second-order valence-corrected chi connectivity index (χ2v) is 4.22. The molecule has 88 valence electrons. The van der Waals surface area contributed by atoms with Crippen LogP contribution in [0.5, 0.6) is 0 Å². The Balaban J connectivity index is 2.60. The first-order chi connectivity index (χ1) is 7.72. The molecule has 4 nitrogen and oxygen atoms in total. The van der Waals surface area contributed by atoms with Gasteiger partial charge in [-0.15, -0.1) is 0 Å². The van der Waals surface area contributed by atoms with Gasteiger partial charge in [0.05, 0.1) is 17.7 Å². The number of carbonyl (C=O) groups excluding carboxylic acids is 1. The molecule has 1 rings (SSSR count). The zero-order chi connectivity index (χ0) is 11.8. The Morgan fingerprint density at radius 1 is 1.44 bits per heavy atom. The van der Waals surface area contributed by atoms with Crippen molar-refractivity contribution < 1.29 is 9.63 Å². The molecule has 0 aromatic carbocycles. The lowest BCUT2D eigenvalue weighted by molar-refractivity contribution is -0.141. The first-order valence-electron chi connectivity index (χ1n) is 5.85. The lowest BCUT2D eigenvalue weighted by Crippen LogP contribution is -2.08. The van der Waals surface area contributed by atoms with Gasteiger partial charge in [-0.2, -0.15) is 5.26 Å². The van der Waals surface area contributed by atoms with Crippen molar-refractivity contribution in [2.45, 2.75) is 51.9 Å². The van der Waals surface area contributed by atoms with Crippen molar-refractivity contribution in [2.24, 2.45) is 11.1 Å². The maximum absolute atomic E-state index is 10.7. The van der Waals surface area contributed by atoms with Crippen molar-refractivity contribution in [3.63, 3.8) is 0 Å². The first kappa shape index (κ1) is 12.7.